The second kappa shape index (κ2) is 3.46. The molecule has 0 unspecified atom stereocenters. The molecular weight excluding hydrogens is 152 g/mol. The molecule has 0 aromatic carbocycles. The smallest absolute Gasteiger partial charge is 0.308 e. The summed E-state index contributed by atoms with van der Waals surface area (Å²) in [6.07, 6.45) is 7.18. The van der Waals surface area contributed by atoms with E-state index in [-0.39, 0.29) is 11.9 Å². The molecule has 12 heavy (non-hydrogen) atoms. The van der Waals surface area contributed by atoms with Gasteiger partial charge in [0.25, 0.3) is 0 Å². The summed E-state index contributed by atoms with van der Waals surface area (Å²) in [5, 5.41) is 0. The number of ether oxygens (including phenoxy) is 1. The Balaban J connectivity index is 1.61. The van der Waals surface area contributed by atoms with Gasteiger partial charge >= 0.3 is 5.97 Å². The molecule has 0 spiro atoms. The van der Waals surface area contributed by atoms with Crippen LogP contribution in [0, 0.1) is 11.8 Å². The number of hydrogen-bond acceptors (Lipinski definition) is 2. The number of carbonyl (C=O) groups is 1. The second-order valence-corrected chi connectivity index (χ2v) is 4.05. The van der Waals surface area contributed by atoms with Crippen molar-refractivity contribution in [2.24, 2.45) is 11.8 Å². The third-order valence-electron chi connectivity index (χ3n) is 3.12. The van der Waals surface area contributed by atoms with Gasteiger partial charge in [-0.3, -0.25) is 4.79 Å². The normalized spacial score (nSPS) is 24.3. The maximum absolute atomic E-state index is 11.2. The summed E-state index contributed by atoms with van der Waals surface area (Å²) in [5.74, 6) is 1.01. The van der Waals surface area contributed by atoms with E-state index in [4.69, 9.17) is 4.74 Å². The van der Waals surface area contributed by atoms with Gasteiger partial charge in [-0.25, -0.2) is 0 Å². The molecule has 0 N–H and O–H groups in total. The van der Waals surface area contributed by atoms with Crippen molar-refractivity contribution in [3.05, 3.63) is 0 Å². The Morgan fingerprint density at radius 1 is 1.17 bits per heavy atom. The Hall–Kier alpha value is -0.530. The van der Waals surface area contributed by atoms with Crippen molar-refractivity contribution in [3.8, 4) is 0 Å². The van der Waals surface area contributed by atoms with Gasteiger partial charge in [0.05, 0.1) is 12.5 Å². The minimum absolute atomic E-state index is 0.0631. The maximum atomic E-state index is 11.2. The lowest BCUT2D eigenvalue weighted by Gasteiger charge is -2.28. The van der Waals surface area contributed by atoms with E-state index < -0.39 is 0 Å². The van der Waals surface area contributed by atoms with Gasteiger partial charge < -0.3 is 4.74 Å². The van der Waals surface area contributed by atoms with Crippen molar-refractivity contribution < 1.29 is 9.53 Å². The second-order valence-electron chi connectivity index (χ2n) is 4.05. The molecule has 0 bridgehead atoms. The molecule has 2 aliphatic rings. The van der Waals surface area contributed by atoms with E-state index >= 15 is 0 Å². The minimum Gasteiger partial charge on any atom is -0.465 e. The van der Waals surface area contributed by atoms with Crippen LogP contribution in [0.4, 0.5) is 0 Å². The van der Waals surface area contributed by atoms with E-state index in [1.54, 1.807) is 0 Å². The molecule has 2 aliphatic carbocycles. The van der Waals surface area contributed by atoms with Crippen LogP contribution >= 0.6 is 0 Å². The summed E-state index contributed by atoms with van der Waals surface area (Å²) < 4.78 is 5.21. The molecule has 2 rings (SSSR count). The van der Waals surface area contributed by atoms with Gasteiger partial charge in [-0.05, 0) is 31.6 Å². The van der Waals surface area contributed by atoms with E-state index in [9.17, 15) is 4.79 Å². The maximum Gasteiger partial charge on any atom is 0.308 e. The monoisotopic (exact) mass is 168 g/mol. The molecule has 0 aromatic rings. The molecule has 0 aromatic heterocycles. The van der Waals surface area contributed by atoms with Crippen molar-refractivity contribution in [2.45, 2.75) is 38.5 Å². The fourth-order valence-corrected chi connectivity index (χ4v) is 1.62. The Morgan fingerprint density at radius 2 is 1.83 bits per heavy atom. The zero-order chi connectivity index (χ0) is 8.39. The Labute approximate surface area is 73.3 Å². The summed E-state index contributed by atoms with van der Waals surface area (Å²) in [6.45, 7) is 0.690. The standard InChI is InChI=1S/C10H16O2/c11-10(9-5-2-6-9)12-7-8-3-1-4-8/h8-9H,1-7H2. The molecule has 0 amide bonds. The van der Waals surface area contributed by atoms with Crippen molar-refractivity contribution >= 4 is 5.97 Å². The third-order valence-corrected chi connectivity index (χ3v) is 3.12. The van der Waals surface area contributed by atoms with E-state index in [1.807, 2.05) is 0 Å². The fraction of sp³-hybridized carbons (Fsp3) is 0.900. The van der Waals surface area contributed by atoms with Crippen LogP contribution in [0.2, 0.25) is 0 Å². The summed E-state index contributed by atoms with van der Waals surface area (Å²) in [5.41, 5.74) is 0. The molecule has 0 radical (unpaired) electrons. The van der Waals surface area contributed by atoms with Crippen molar-refractivity contribution in [1.82, 2.24) is 0 Å². The Kier molecular flexibility index (Phi) is 2.33. The molecule has 2 heteroatoms. The lowest BCUT2D eigenvalue weighted by molar-refractivity contribution is -0.153. The molecule has 2 nitrogen and oxygen atoms in total. The van der Waals surface area contributed by atoms with E-state index in [1.165, 1.54) is 25.7 Å². The van der Waals surface area contributed by atoms with Crippen LogP contribution in [-0.4, -0.2) is 12.6 Å². The molecular formula is C10H16O2. The molecule has 0 heterocycles. The number of esters is 1. The predicted octanol–water partition coefficient (Wildman–Crippen LogP) is 2.13. The topological polar surface area (TPSA) is 26.3 Å². The highest BCUT2D eigenvalue weighted by molar-refractivity contribution is 5.73. The highest BCUT2D eigenvalue weighted by Crippen LogP contribution is 2.30. The summed E-state index contributed by atoms with van der Waals surface area (Å²) >= 11 is 0. The first-order valence-corrected chi connectivity index (χ1v) is 5.03. The zero-order valence-corrected chi connectivity index (χ0v) is 7.42. The van der Waals surface area contributed by atoms with Gasteiger partial charge in [0.1, 0.15) is 0 Å². The van der Waals surface area contributed by atoms with Crippen LogP contribution in [0.15, 0.2) is 0 Å². The number of rotatable bonds is 3. The van der Waals surface area contributed by atoms with E-state index in [0.717, 1.165) is 12.8 Å². The fourth-order valence-electron chi connectivity index (χ4n) is 1.62. The van der Waals surface area contributed by atoms with E-state index in [0.29, 0.717) is 12.5 Å². The van der Waals surface area contributed by atoms with Gasteiger partial charge in [0.15, 0.2) is 0 Å². The SMILES string of the molecule is O=C(OCC1CCC1)C1CCC1. The summed E-state index contributed by atoms with van der Waals surface area (Å²) in [6, 6.07) is 0. The minimum atomic E-state index is 0.0631. The zero-order valence-electron chi connectivity index (χ0n) is 7.42. The van der Waals surface area contributed by atoms with Gasteiger partial charge in [-0.2, -0.15) is 0 Å². The highest BCUT2D eigenvalue weighted by atomic mass is 16.5. The molecule has 0 atom stereocenters. The molecule has 68 valence electrons. The van der Waals surface area contributed by atoms with Crippen LogP contribution in [0.3, 0.4) is 0 Å². The van der Waals surface area contributed by atoms with Gasteiger partial charge in [0.2, 0.25) is 0 Å². The molecule has 2 fully saturated rings. The molecule has 2 saturated carbocycles. The van der Waals surface area contributed by atoms with E-state index in [2.05, 4.69) is 0 Å². The average molecular weight is 168 g/mol. The number of carbonyl (C=O) groups excluding carboxylic acids is 1. The van der Waals surface area contributed by atoms with Crippen molar-refractivity contribution in [2.75, 3.05) is 6.61 Å². The first-order valence-electron chi connectivity index (χ1n) is 5.03. The van der Waals surface area contributed by atoms with Crippen LogP contribution in [0.1, 0.15) is 38.5 Å². The van der Waals surface area contributed by atoms with Crippen LogP contribution in [-0.2, 0) is 9.53 Å². The predicted molar refractivity (Wildman–Crippen MR) is 45.6 cm³/mol. The average Bonchev–Trinajstić information content (AvgIpc) is 1.79. The lowest BCUT2D eigenvalue weighted by atomic mass is 9.85. The Bertz CT molecular complexity index is 169. The number of hydrogen-bond donors (Lipinski definition) is 0. The van der Waals surface area contributed by atoms with Gasteiger partial charge in [-0.15, -0.1) is 0 Å². The lowest BCUT2D eigenvalue weighted by Crippen LogP contribution is -2.27. The van der Waals surface area contributed by atoms with Gasteiger partial charge in [0, 0.05) is 0 Å². The summed E-state index contributed by atoms with van der Waals surface area (Å²) in [7, 11) is 0. The van der Waals surface area contributed by atoms with Crippen LogP contribution in [0.5, 0.6) is 0 Å². The molecule has 0 saturated heterocycles. The first-order chi connectivity index (χ1) is 5.86. The highest BCUT2D eigenvalue weighted by Gasteiger charge is 2.28. The van der Waals surface area contributed by atoms with Crippen LogP contribution in [0.25, 0.3) is 0 Å². The Morgan fingerprint density at radius 3 is 2.25 bits per heavy atom. The summed E-state index contributed by atoms with van der Waals surface area (Å²) in [4.78, 5) is 11.2. The van der Waals surface area contributed by atoms with Crippen molar-refractivity contribution in [1.29, 1.82) is 0 Å². The largest absolute Gasteiger partial charge is 0.465 e. The van der Waals surface area contributed by atoms with Gasteiger partial charge in [-0.1, -0.05) is 12.8 Å². The first kappa shape index (κ1) is 8.09. The molecule has 0 aliphatic heterocycles. The quantitative estimate of drug-likeness (QED) is 0.603. The van der Waals surface area contributed by atoms with Crippen LogP contribution < -0.4 is 0 Å². The third kappa shape index (κ3) is 1.62. The van der Waals surface area contributed by atoms with Crippen molar-refractivity contribution in [3.63, 3.8) is 0 Å².